The third kappa shape index (κ3) is 6.16. The molecule has 1 aliphatic heterocycles. The summed E-state index contributed by atoms with van der Waals surface area (Å²) in [5.74, 6) is 0.981. The number of hydrogen-bond donors (Lipinski definition) is 1. The van der Waals surface area contributed by atoms with Gasteiger partial charge in [-0.3, -0.25) is 9.89 Å². The second kappa shape index (κ2) is 11.0. The number of nitrogens with one attached hydrogen (secondary N) is 1. The Morgan fingerprint density at radius 1 is 1.33 bits per heavy atom. The third-order valence-electron chi connectivity index (χ3n) is 4.71. The van der Waals surface area contributed by atoms with Gasteiger partial charge in [0.1, 0.15) is 6.26 Å². The van der Waals surface area contributed by atoms with Gasteiger partial charge in [-0.25, -0.2) is 0 Å². The third-order valence-corrected chi connectivity index (χ3v) is 5.68. The van der Waals surface area contributed by atoms with Crippen LogP contribution in [-0.2, 0) is 6.54 Å². The van der Waals surface area contributed by atoms with Crippen LogP contribution in [0.25, 0.3) is 0 Å². The van der Waals surface area contributed by atoms with Gasteiger partial charge in [0.25, 0.3) is 0 Å². The van der Waals surface area contributed by atoms with Gasteiger partial charge >= 0.3 is 0 Å². The predicted octanol–water partition coefficient (Wildman–Crippen LogP) is 2.35. The summed E-state index contributed by atoms with van der Waals surface area (Å²) in [6, 6.07) is 6.58. The Hall–Kier alpha value is -1.17. The quantitative estimate of drug-likeness (QED) is 0.371. The van der Waals surface area contributed by atoms with Gasteiger partial charge in [-0.15, -0.1) is 35.3 Å². The van der Waals surface area contributed by atoms with E-state index in [0.29, 0.717) is 6.04 Å². The van der Waals surface area contributed by atoms with Gasteiger partial charge in [-0.05, 0) is 25.5 Å². The smallest absolute Gasteiger partial charge is 0.193 e. The minimum absolute atomic E-state index is 0. The van der Waals surface area contributed by atoms with Crippen LogP contribution in [0.2, 0.25) is 0 Å². The van der Waals surface area contributed by atoms with Crippen molar-refractivity contribution >= 4 is 41.3 Å². The van der Waals surface area contributed by atoms with E-state index < -0.39 is 0 Å². The molecular weight excluding hydrogens is 475 g/mol. The van der Waals surface area contributed by atoms with E-state index in [9.17, 15) is 0 Å². The number of nitrogens with zero attached hydrogens (tertiary/aromatic N) is 5. The zero-order valence-corrected chi connectivity index (χ0v) is 19.3. The average Bonchev–Trinajstić information content (AvgIpc) is 3.33. The maximum Gasteiger partial charge on any atom is 0.193 e. The SMILES string of the molecule is CN=C(NCC(c1cccs1)N(C)C)N1CCN(Cc2ccon2)CC1.I. The summed E-state index contributed by atoms with van der Waals surface area (Å²) in [5, 5.41) is 9.70. The molecule has 9 heteroatoms. The summed E-state index contributed by atoms with van der Waals surface area (Å²) in [4.78, 5) is 12.9. The van der Waals surface area contributed by atoms with E-state index in [1.54, 1.807) is 17.6 Å². The van der Waals surface area contributed by atoms with Gasteiger partial charge < -0.3 is 19.6 Å². The Morgan fingerprint density at radius 2 is 2.11 bits per heavy atom. The topological polar surface area (TPSA) is 60.1 Å². The number of aliphatic imine (C=N–C) groups is 1. The molecule has 0 saturated carbocycles. The van der Waals surface area contributed by atoms with Crippen molar-refractivity contribution in [2.24, 2.45) is 4.99 Å². The lowest BCUT2D eigenvalue weighted by atomic mass is 10.2. The maximum atomic E-state index is 4.92. The average molecular weight is 504 g/mol. The van der Waals surface area contributed by atoms with Crippen molar-refractivity contribution in [3.63, 3.8) is 0 Å². The first-order valence-electron chi connectivity index (χ1n) is 8.94. The number of hydrogen-bond acceptors (Lipinski definition) is 6. The van der Waals surface area contributed by atoms with E-state index in [-0.39, 0.29) is 24.0 Å². The van der Waals surface area contributed by atoms with Crippen LogP contribution in [0.15, 0.2) is 39.4 Å². The fraction of sp³-hybridized carbons (Fsp3) is 0.556. The zero-order valence-electron chi connectivity index (χ0n) is 16.2. The maximum absolute atomic E-state index is 4.92. The highest BCUT2D eigenvalue weighted by Crippen LogP contribution is 2.22. The summed E-state index contributed by atoms with van der Waals surface area (Å²) >= 11 is 1.80. The van der Waals surface area contributed by atoms with Crippen molar-refractivity contribution in [2.45, 2.75) is 12.6 Å². The summed E-state index contributed by atoms with van der Waals surface area (Å²) in [6.45, 7) is 5.61. The predicted molar refractivity (Wildman–Crippen MR) is 121 cm³/mol. The molecule has 0 spiro atoms. The largest absolute Gasteiger partial charge is 0.364 e. The van der Waals surface area contributed by atoms with Crippen LogP contribution in [0.4, 0.5) is 0 Å². The van der Waals surface area contributed by atoms with Crippen LogP contribution in [-0.4, -0.2) is 79.7 Å². The van der Waals surface area contributed by atoms with E-state index in [1.165, 1.54) is 4.88 Å². The molecule has 1 unspecified atom stereocenters. The van der Waals surface area contributed by atoms with Gasteiger partial charge in [0.2, 0.25) is 0 Å². The number of rotatable bonds is 6. The van der Waals surface area contributed by atoms with Gasteiger partial charge in [0.15, 0.2) is 5.96 Å². The summed E-state index contributed by atoms with van der Waals surface area (Å²) in [7, 11) is 6.11. The molecular formula is C18H29IN6OS. The Balaban J connectivity index is 0.00000261. The molecule has 1 N–H and O–H groups in total. The molecule has 0 bridgehead atoms. The van der Waals surface area contributed by atoms with Crippen LogP contribution < -0.4 is 5.32 Å². The van der Waals surface area contributed by atoms with Crippen LogP contribution in [0, 0.1) is 0 Å². The molecule has 3 heterocycles. The van der Waals surface area contributed by atoms with Crippen molar-refractivity contribution in [3.8, 4) is 0 Å². The van der Waals surface area contributed by atoms with Gasteiger partial charge in [-0.2, -0.15) is 0 Å². The molecule has 0 aromatic carbocycles. The van der Waals surface area contributed by atoms with Crippen molar-refractivity contribution in [3.05, 3.63) is 40.4 Å². The highest BCUT2D eigenvalue weighted by atomic mass is 127. The summed E-state index contributed by atoms with van der Waals surface area (Å²) in [5.41, 5.74) is 0.991. The lowest BCUT2D eigenvalue weighted by Gasteiger charge is -2.36. The molecule has 150 valence electrons. The van der Waals surface area contributed by atoms with Crippen molar-refractivity contribution < 1.29 is 4.52 Å². The van der Waals surface area contributed by atoms with Gasteiger partial charge in [0.05, 0.1) is 11.7 Å². The monoisotopic (exact) mass is 504 g/mol. The highest BCUT2D eigenvalue weighted by Gasteiger charge is 2.22. The minimum atomic E-state index is 0. The Morgan fingerprint density at radius 3 is 2.67 bits per heavy atom. The van der Waals surface area contributed by atoms with Crippen LogP contribution in [0.1, 0.15) is 16.6 Å². The van der Waals surface area contributed by atoms with Crippen molar-refractivity contribution in [1.82, 2.24) is 25.2 Å². The van der Waals surface area contributed by atoms with Gasteiger partial charge in [-0.1, -0.05) is 11.2 Å². The first-order chi connectivity index (χ1) is 12.7. The summed E-state index contributed by atoms with van der Waals surface area (Å²) < 4.78 is 4.92. The molecule has 1 atom stereocenters. The molecule has 1 aliphatic rings. The lowest BCUT2D eigenvalue weighted by Crippen LogP contribution is -2.53. The number of piperazine rings is 1. The normalized spacial score (nSPS) is 17.0. The second-order valence-electron chi connectivity index (χ2n) is 6.68. The van der Waals surface area contributed by atoms with Gasteiger partial charge in [0, 0.05) is 57.3 Å². The van der Waals surface area contributed by atoms with Crippen molar-refractivity contribution in [2.75, 3.05) is 53.9 Å². The second-order valence-corrected chi connectivity index (χ2v) is 7.66. The van der Waals surface area contributed by atoms with E-state index in [1.807, 2.05) is 13.1 Å². The lowest BCUT2D eigenvalue weighted by molar-refractivity contribution is 0.168. The first kappa shape index (κ1) is 22.1. The molecule has 0 aliphatic carbocycles. The molecule has 7 nitrogen and oxygen atoms in total. The summed E-state index contributed by atoms with van der Waals surface area (Å²) in [6.07, 6.45) is 1.63. The fourth-order valence-corrected chi connectivity index (χ4v) is 4.13. The molecule has 2 aromatic heterocycles. The number of likely N-dealkylation sites (N-methyl/N-ethyl adjacent to an activating group) is 1. The van der Waals surface area contributed by atoms with E-state index in [0.717, 1.165) is 50.9 Å². The number of guanidine groups is 1. The minimum Gasteiger partial charge on any atom is -0.364 e. The zero-order chi connectivity index (χ0) is 18.4. The molecule has 2 aromatic rings. The molecule has 0 radical (unpaired) electrons. The Labute approximate surface area is 182 Å². The van der Waals surface area contributed by atoms with E-state index in [2.05, 4.69) is 61.8 Å². The number of halogens is 1. The fourth-order valence-electron chi connectivity index (χ4n) is 3.20. The molecule has 1 saturated heterocycles. The standard InChI is InChI=1S/C18H28N6OS.HI/c1-19-18(20-13-16(22(2)3)17-5-4-12-26-17)24-9-7-23(8-10-24)14-15-6-11-25-21-15;/h4-6,11-12,16H,7-10,13-14H2,1-3H3,(H,19,20);1H. The number of aromatic nitrogens is 1. The van der Waals surface area contributed by atoms with Crippen LogP contribution >= 0.6 is 35.3 Å². The van der Waals surface area contributed by atoms with Crippen molar-refractivity contribution in [1.29, 1.82) is 0 Å². The Bertz CT molecular complexity index is 668. The molecule has 27 heavy (non-hydrogen) atoms. The first-order valence-corrected chi connectivity index (χ1v) is 9.82. The molecule has 3 rings (SSSR count). The molecule has 1 fully saturated rings. The molecule has 0 amide bonds. The van der Waals surface area contributed by atoms with Crippen LogP contribution in [0.3, 0.4) is 0 Å². The van der Waals surface area contributed by atoms with E-state index in [4.69, 9.17) is 4.52 Å². The highest BCUT2D eigenvalue weighted by molar-refractivity contribution is 14.0. The number of thiophene rings is 1. The Kier molecular flexibility index (Phi) is 9.00. The van der Waals surface area contributed by atoms with Crippen LogP contribution in [0.5, 0.6) is 0 Å². The van der Waals surface area contributed by atoms with E-state index >= 15 is 0 Å².